The van der Waals surface area contributed by atoms with Gasteiger partial charge in [0, 0.05) is 52.9 Å². The Bertz CT molecular complexity index is 3410. The maximum absolute atomic E-state index is 14.4. The Morgan fingerprint density at radius 1 is 0.818 bits per heavy atom. The van der Waals surface area contributed by atoms with Gasteiger partial charge in [0.15, 0.2) is 30.2 Å². The van der Waals surface area contributed by atoms with Crippen molar-refractivity contribution in [3.05, 3.63) is 62.4 Å². The molecule has 0 aliphatic carbocycles. The van der Waals surface area contributed by atoms with E-state index in [4.69, 9.17) is 48.7 Å². The summed E-state index contributed by atoms with van der Waals surface area (Å²) in [5.74, 6) is -2.18. The number of aliphatic hydroxyl groups is 2. The van der Waals surface area contributed by atoms with Crippen LogP contribution in [0.15, 0.2) is 45.6 Å². The van der Waals surface area contributed by atoms with E-state index in [1.165, 1.54) is 53.2 Å². The van der Waals surface area contributed by atoms with Gasteiger partial charge in [-0.05, 0) is 0 Å². The van der Waals surface area contributed by atoms with Gasteiger partial charge in [-0.3, -0.25) is 51.7 Å². The Labute approximate surface area is 430 Å². The minimum Gasteiger partial charge on any atom is -0.387 e. The van der Waals surface area contributed by atoms with Crippen LogP contribution >= 0.6 is 31.1 Å². The fraction of sp³-hybridized carbons (Fsp3) is 0.583. The zero-order valence-corrected chi connectivity index (χ0v) is 44.2. The molecule has 8 heterocycles. The number of nitrogens with one attached hydrogen (secondary N) is 2. The number of nitrogen functional groups attached to an aromatic ring is 2. The summed E-state index contributed by atoms with van der Waals surface area (Å²) >= 11 is 0. The number of imidazole rings is 2. The van der Waals surface area contributed by atoms with Gasteiger partial charge in [0.2, 0.25) is 17.7 Å². The molecule has 5 aromatic heterocycles. The maximum Gasteiger partial charge on any atom is 0.490 e. The highest BCUT2D eigenvalue weighted by Crippen LogP contribution is 2.68. The molecule has 0 radical (unpaired) electrons. The van der Waals surface area contributed by atoms with E-state index in [1.807, 2.05) is 4.98 Å². The second-order valence-electron chi connectivity index (χ2n) is 17.6. The lowest BCUT2D eigenvalue weighted by atomic mass is 9.94. The molecule has 12 N–H and O–H groups in total. The number of nitrogens with two attached hydrogens (primary N) is 2. The molecule has 0 aromatic carbocycles. The van der Waals surface area contributed by atoms with Gasteiger partial charge in [-0.25, -0.2) is 38.0 Å². The molecule has 0 spiro atoms. The predicted molar refractivity (Wildman–Crippen MR) is 252 cm³/mol. The number of methoxy groups -OCH3 is 2. The number of ether oxygens (including phenoxy) is 5. The first kappa shape index (κ1) is 58.1. The Morgan fingerprint density at radius 3 is 2.08 bits per heavy atom. The van der Waals surface area contributed by atoms with E-state index >= 15 is 0 Å². The summed E-state index contributed by atoms with van der Waals surface area (Å²) in [5.41, 5.74) is 7.36. The lowest BCUT2D eigenvalue weighted by Gasteiger charge is -2.28. The van der Waals surface area contributed by atoms with Crippen molar-refractivity contribution in [1.82, 2.24) is 48.5 Å². The Hall–Kier alpha value is -5.07. The first-order chi connectivity index (χ1) is 36.1. The normalized spacial score (nSPS) is 29.8. The van der Waals surface area contributed by atoms with Crippen molar-refractivity contribution in [2.75, 3.05) is 59.6 Å². The topological polar surface area (TPSA) is 507 Å². The molecule has 424 valence electrons. The number of aromatic amines is 2. The van der Waals surface area contributed by atoms with Gasteiger partial charge >= 0.3 is 42.4 Å². The number of phosphoric acid groups is 3. The van der Waals surface area contributed by atoms with Crippen molar-refractivity contribution in [3.63, 3.8) is 0 Å². The van der Waals surface area contributed by atoms with Crippen molar-refractivity contribution in [2.24, 2.45) is 13.0 Å². The quantitative estimate of drug-likeness (QED) is 0.0253. The molecule has 5 unspecified atom stereocenters. The maximum atomic E-state index is 14.4. The zero-order chi connectivity index (χ0) is 56.3. The molecule has 3 fully saturated rings. The predicted octanol–water partition coefficient (Wildman–Crippen LogP) is -3.42. The van der Waals surface area contributed by atoms with Crippen LogP contribution in [0.2, 0.25) is 0 Å². The lowest BCUT2D eigenvalue weighted by Crippen LogP contribution is -2.45. The van der Waals surface area contributed by atoms with Gasteiger partial charge < -0.3 is 74.4 Å². The van der Waals surface area contributed by atoms with Crippen LogP contribution in [0.4, 0.5) is 11.8 Å². The highest BCUT2D eigenvalue weighted by molar-refractivity contribution is 7.66. The first-order valence-corrected chi connectivity index (χ1v) is 28.4. The van der Waals surface area contributed by atoms with E-state index in [-0.39, 0.29) is 34.1 Å². The number of hydrogen-bond donors (Lipinski definition) is 10. The van der Waals surface area contributed by atoms with E-state index in [1.54, 1.807) is 0 Å². The fourth-order valence-corrected chi connectivity index (χ4v) is 14.2. The number of hydrogen-bond acceptors (Lipinski definition) is 26. The largest absolute Gasteiger partial charge is 0.490 e. The molecule has 0 bridgehead atoms. The molecule has 0 saturated carbocycles. The number of aliphatic hydroxyl groups excluding tert-OH is 2. The molecular formula is C36H52N13O24P4+. The molecule has 3 aliphatic heterocycles. The van der Waals surface area contributed by atoms with Gasteiger partial charge in [-0.15, -0.1) is 0 Å². The molecular weight excluding hydrogens is 1120 g/mol. The van der Waals surface area contributed by atoms with E-state index in [0.717, 1.165) is 36.6 Å². The average Bonchev–Trinajstić information content (AvgIpc) is 4.15. The number of rotatable bonds is 21. The monoisotopic (exact) mass is 1170 g/mol. The van der Waals surface area contributed by atoms with E-state index in [0.29, 0.717) is 0 Å². The number of carbonyl (C=O) groups is 1. The van der Waals surface area contributed by atoms with Gasteiger partial charge in [-0.1, -0.05) is 4.98 Å². The van der Waals surface area contributed by atoms with E-state index < -0.39 is 153 Å². The number of anilines is 2. The number of aromatic nitrogens is 10. The molecule has 37 nitrogen and oxygen atoms in total. The van der Waals surface area contributed by atoms with E-state index in [2.05, 4.69) is 33.5 Å². The van der Waals surface area contributed by atoms with Crippen molar-refractivity contribution in [1.29, 1.82) is 0 Å². The standard InChI is InChI=1S/C36H51N13O24P4/c1-45(2)20(51)8-15-16(69-32(23(15)52)49-14-46(3)22-30(49)43-35(38)44-31(22)54)9-67-75(58,59)72-77(62,63)73-76(60,61)68-11-18-27(26(65-5)34(71-18)48-13-41-21-28(37)39-12-40-29(21)48)74(56,57)66-10-17-24(53)25(64-4)33(70-17)47-7-6-19(50)42-36(47)55/h6-7,12-18,23-27,32-34,52-53H,8-11H2,1-5H3,(H9-,37,38,39,40,42,43,44,50,54,55,56,57,58,59,60,61,62,63)/p+1/t15-,16-,17-,18-,23-,24-,25-,26-,27-,32?,33-,34-/m1/s1. The summed E-state index contributed by atoms with van der Waals surface area (Å²) in [7, 11) is -16.9. The third-order valence-corrected chi connectivity index (χ3v) is 18.6. The second kappa shape index (κ2) is 22.2. The number of nitrogens with zero attached hydrogens (tertiary/aromatic N) is 9. The molecule has 77 heavy (non-hydrogen) atoms. The van der Waals surface area contributed by atoms with Crippen LogP contribution in [0.3, 0.4) is 0 Å². The highest BCUT2D eigenvalue weighted by atomic mass is 31.3. The van der Waals surface area contributed by atoms with Crippen LogP contribution < -0.4 is 32.8 Å². The lowest BCUT2D eigenvalue weighted by molar-refractivity contribution is -0.745. The Kier molecular flexibility index (Phi) is 16.8. The van der Waals surface area contributed by atoms with Crippen LogP contribution in [-0.2, 0) is 76.0 Å². The van der Waals surface area contributed by atoms with Crippen molar-refractivity contribution in [2.45, 2.75) is 73.5 Å². The number of fused-ring (bicyclic) bond motifs is 2. The smallest absolute Gasteiger partial charge is 0.387 e. The Morgan fingerprint density at radius 2 is 1.44 bits per heavy atom. The minimum atomic E-state index is -6.24. The van der Waals surface area contributed by atoms with Gasteiger partial charge in [0.25, 0.3) is 17.1 Å². The summed E-state index contributed by atoms with van der Waals surface area (Å²) in [4.78, 5) is 115. The third kappa shape index (κ3) is 12.1. The van der Waals surface area contributed by atoms with Crippen LogP contribution in [-0.4, -0.2) is 181 Å². The molecule has 5 aromatic rings. The number of carbonyl (C=O) groups excluding carboxylic acids is 1. The number of aryl methyl sites for hydroxylation is 1. The average molecular weight is 1170 g/mol. The number of phosphoric ester groups is 2. The Balaban J connectivity index is 0.973. The summed E-state index contributed by atoms with van der Waals surface area (Å²) in [6.07, 6.45) is -11.3. The van der Waals surface area contributed by atoms with Crippen LogP contribution in [0.1, 0.15) is 25.1 Å². The zero-order valence-electron chi connectivity index (χ0n) is 40.6. The van der Waals surface area contributed by atoms with Gasteiger partial charge in [0.1, 0.15) is 54.1 Å². The van der Waals surface area contributed by atoms with Gasteiger partial charge in [0.05, 0.1) is 39.3 Å². The van der Waals surface area contributed by atoms with Crippen molar-refractivity contribution in [3.8, 4) is 0 Å². The second-order valence-corrected chi connectivity index (χ2v) is 24.2. The van der Waals surface area contributed by atoms with Crippen LogP contribution in [0, 0.1) is 5.92 Å². The number of H-pyrrole nitrogens is 2. The summed E-state index contributed by atoms with van der Waals surface area (Å²) in [6.45, 7) is -3.28. The fourth-order valence-electron chi connectivity index (χ4n) is 8.95. The van der Waals surface area contributed by atoms with Crippen molar-refractivity contribution < 1.29 is 103 Å². The van der Waals surface area contributed by atoms with Crippen LogP contribution in [0.25, 0.3) is 22.3 Å². The third-order valence-electron chi connectivity index (χ3n) is 12.5. The van der Waals surface area contributed by atoms with Crippen molar-refractivity contribution >= 4 is 71.1 Å². The summed E-state index contributed by atoms with van der Waals surface area (Å²) < 4.78 is 111. The van der Waals surface area contributed by atoms with Gasteiger partial charge in [-0.2, -0.15) is 8.62 Å². The molecule has 3 saturated heterocycles. The summed E-state index contributed by atoms with van der Waals surface area (Å²) in [6, 6.07) is 0.991. The molecule has 1 amide bonds. The molecule has 41 heteroatoms. The van der Waals surface area contributed by atoms with Crippen LogP contribution in [0.5, 0.6) is 0 Å². The SMILES string of the molecule is CO[C@@H]1[C@H](O)[C@@H](COP(=O)(O)[C@H]2[C@@H](OC)[C@H](n3cnc4c(N)ncnc43)O[C@@H]2COP(=O)(O)OP(=O)(O)OP(=O)(O)OC[C@H]2OC([n+]3cn(C)c4c(=O)[nH]c(N)nc43)[C@H](O)[C@@H]2CC(=O)N(C)C)O[C@H]1n1ccc(=O)[nH]c1=O. The first-order valence-electron chi connectivity index (χ1n) is 22.3. The van der Waals surface area contributed by atoms with E-state index in [9.17, 15) is 67.2 Å². The number of amides is 1. The molecule has 8 rings (SSSR count). The minimum absolute atomic E-state index is 0.00200. The molecule has 3 aliphatic rings. The molecule has 16 atom stereocenters. The highest BCUT2D eigenvalue weighted by Gasteiger charge is 2.58. The summed E-state index contributed by atoms with van der Waals surface area (Å²) in [5, 5.41) is 22.6.